The number of rotatable bonds is 2. The molecule has 1 N–H and O–H groups in total. The van der Waals surface area contributed by atoms with Gasteiger partial charge in [-0.2, -0.15) is 0 Å². The molecule has 0 radical (unpaired) electrons. The van der Waals surface area contributed by atoms with Crippen LogP contribution in [0.1, 0.15) is 54.4 Å². The first kappa shape index (κ1) is 20.3. The number of fused-ring (bicyclic) bond motifs is 1. The van der Waals surface area contributed by atoms with E-state index in [9.17, 15) is 9.59 Å². The molecule has 0 spiro atoms. The molecule has 1 aliphatic carbocycles. The summed E-state index contributed by atoms with van der Waals surface area (Å²) >= 11 is 0. The summed E-state index contributed by atoms with van der Waals surface area (Å²) in [5.41, 5.74) is 4.47. The molecule has 3 aromatic rings. The van der Waals surface area contributed by atoms with Crippen LogP contribution in [-0.2, 0) is 4.79 Å². The number of Topliss-reactive ketones (excluding diaryl/α,β-unsaturated/α-hetero) is 1. The average molecular weight is 427 g/mol. The third-order valence-electron chi connectivity index (χ3n) is 6.23. The minimum absolute atomic E-state index is 0.0414. The van der Waals surface area contributed by atoms with E-state index in [1.165, 1.54) is 0 Å². The van der Waals surface area contributed by atoms with Crippen LogP contribution in [0.25, 0.3) is 0 Å². The van der Waals surface area contributed by atoms with E-state index in [1.54, 1.807) is 17.2 Å². The van der Waals surface area contributed by atoms with Gasteiger partial charge in [-0.3, -0.25) is 14.5 Å². The van der Waals surface area contributed by atoms with Crippen LogP contribution in [0.2, 0.25) is 0 Å². The Labute approximate surface area is 187 Å². The maximum Gasteiger partial charge on any atom is 0.259 e. The summed E-state index contributed by atoms with van der Waals surface area (Å²) in [4.78, 5) is 29.2. The summed E-state index contributed by atoms with van der Waals surface area (Å²) in [5.74, 6) is 0.441. The van der Waals surface area contributed by atoms with Gasteiger partial charge in [0.25, 0.3) is 5.91 Å². The number of amides is 1. The summed E-state index contributed by atoms with van der Waals surface area (Å²) in [5, 5.41) is 3.51. The predicted octanol–water partition coefficient (Wildman–Crippen LogP) is 6.04. The molecule has 2 aliphatic rings. The van der Waals surface area contributed by atoms with Crippen molar-refractivity contribution in [3.05, 3.63) is 95.1 Å². The monoisotopic (exact) mass is 426 g/mol. The Balaban J connectivity index is 1.76. The molecule has 1 amide bonds. The Morgan fingerprint density at radius 3 is 2.50 bits per heavy atom. The standard InChI is InChI=1S/C27H26N2O3/c1-17-10-12-18(13-11-17)26(31)29-21-8-5-4-7-19(21)28-20-15-27(2,3)16-22(30)24(20)25(29)23-9-6-14-32-23/h4-14,25,28H,15-16H2,1-3H3/t25-/m0/s1. The van der Waals surface area contributed by atoms with Crippen LogP contribution in [-0.4, -0.2) is 11.7 Å². The highest BCUT2D eigenvalue weighted by molar-refractivity contribution is 6.11. The number of aryl methyl sites for hydroxylation is 1. The SMILES string of the molecule is Cc1ccc(C(=O)N2c3ccccc3NC3=C(C(=O)CC(C)(C)C3)[C@@H]2c2ccco2)cc1. The normalized spacial score (nSPS) is 19.7. The van der Waals surface area contributed by atoms with Gasteiger partial charge in [0.05, 0.1) is 17.6 Å². The van der Waals surface area contributed by atoms with Crippen molar-refractivity contribution in [1.82, 2.24) is 0 Å². The summed E-state index contributed by atoms with van der Waals surface area (Å²) < 4.78 is 5.82. The van der Waals surface area contributed by atoms with Crippen molar-refractivity contribution in [2.45, 2.75) is 39.7 Å². The first-order valence-electron chi connectivity index (χ1n) is 10.9. The summed E-state index contributed by atoms with van der Waals surface area (Å²) in [6.45, 7) is 6.19. The summed E-state index contributed by atoms with van der Waals surface area (Å²) in [6, 6.07) is 18.2. The Kier molecular flexibility index (Phi) is 4.77. The van der Waals surface area contributed by atoms with Gasteiger partial charge in [-0.15, -0.1) is 0 Å². The molecule has 32 heavy (non-hydrogen) atoms. The van der Waals surface area contributed by atoms with Gasteiger partial charge in [0.15, 0.2) is 5.78 Å². The molecule has 0 fully saturated rings. The van der Waals surface area contributed by atoms with Gasteiger partial charge < -0.3 is 9.73 Å². The van der Waals surface area contributed by atoms with Crippen LogP contribution in [0.4, 0.5) is 11.4 Å². The van der Waals surface area contributed by atoms with E-state index in [0.29, 0.717) is 29.7 Å². The van der Waals surface area contributed by atoms with Gasteiger partial charge in [-0.1, -0.05) is 43.7 Å². The molecule has 5 heteroatoms. The number of carbonyl (C=O) groups is 2. The van der Waals surface area contributed by atoms with Gasteiger partial charge in [0.2, 0.25) is 0 Å². The molecule has 1 aromatic heterocycles. The Morgan fingerprint density at radius 2 is 1.78 bits per heavy atom. The second-order valence-electron chi connectivity index (χ2n) is 9.43. The van der Waals surface area contributed by atoms with Crippen molar-refractivity contribution >= 4 is 23.1 Å². The lowest BCUT2D eigenvalue weighted by Gasteiger charge is -2.36. The summed E-state index contributed by atoms with van der Waals surface area (Å²) in [6.07, 6.45) is 2.73. The number of furan rings is 1. The fraction of sp³-hybridized carbons (Fsp3) is 0.259. The van der Waals surface area contributed by atoms with E-state index in [-0.39, 0.29) is 17.1 Å². The second kappa shape index (κ2) is 7.52. The third-order valence-corrected chi connectivity index (χ3v) is 6.23. The second-order valence-corrected chi connectivity index (χ2v) is 9.43. The first-order valence-corrected chi connectivity index (χ1v) is 10.9. The zero-order valence-corrected chi connectivity index (χ0v) is 18.5. The molecular weight excluding hydrogens is 400 g/mol. The van der Waals surface area contributed by atoms with Gasteiger partial charge in [0, 0.05) is 23.3 Å². The average Bonchev–Trinajstić information content (AvgIpc) is 3.23. The van der Waals surface area contributed by atoms with Crippen LogP contribution in [0.15, 0.2) is 82.6 Å². The van der Waals surface area contributed by atoms with Gasteiger partial charge in [-0.05, 0) is 55.2 Å². The highest BCUT2D eigenvalue weighted by Gasteiger charge is 2.44. The van der Waals surface area contributed by atoms with Crippen molar-refractivity contribution in [3.8, 4) is 0 Å². The maximum atomic E-state index is 14.0. The highest BCUT2D eigenvalue weighted by Crippen LogP contribution is 2.48. The quantitative estimate of drug-likeness (QED) is 0.542. The lowest BCUT2D eigenvalue weighted by atomic mass is 9.74. The molecule has 0 saturated carbocycles. The topological polar surface area (TPSA) is 62.6 Å². The van der Waals surface area contributed by atoms with Crippen LogP contribution < -0.4 is 10.2 Å². The van der Waals surface area contributed by atoms with E-state index in [1.807, 2.05) is 61.5 Å². The Bertz CT molecular complexity index is 1220. The van der Waals surface area contributed by atoms with Crippen molar-refractivity contribution in [3.63, 3.8) is 0 Å². The molecular formula is C27H26N2O3. The van der Waals surface area contributed by atoms with E-state index in [0.717, 1.165) is 22.6 Å². The smallest absolute Gasteiger partial charge is 0.259 e. The number of nitrogens with zero attached hydrogens (tertiary/aromatic N) is 1. The number of benzene rings is 2. The van der Waals surface area contributed by atoms with Crippen LogP contribution in [0, 0.1) is 12.3 Å². The lowest BCUT2D eigenvalue weighted by molar-refractivity contribution is -0.118. The van der Waals surface area contributed by atoms with Crippen LogP contribution >= 0.6 is 0 Å². The van der Waals surface area contributed by atoms with Crippen molar-refractivity contribution in [1.29, 1.82) is 0 Å². The van der Waals surface area contributed by atoms with Crippen molar-refractivity contribution < 1.29 is 14.0 Å². The molecule has 1 atom stereocenters. The van der Waals surface area contributed by atoms with E-state index in [2.05, 4.69) is 19.2 Å². The van der Waals surface area contributed by atoms with E-state index >= 15 is 0 Å². The third kappa shape index (κ3) is 3.44. The number of allylic oxidation sites excluding steroid dienone is 1. The number of ketones is 1. The molecule has 1 aliphatic heterocycles. The molecule has 0 unspecified atom stereocenters. The number of hydrogen-bond donors (Lipinski definition) is 1. The molecule has 162 valence electrons. The Hall–Kier alpha value is -3.60. The van der Waals surface area contributed by atoms with Gasteiger partial charge in [-0.25, -0.2) is 0 Å². The Morgan fingerprint density at radius 1 is 1.03 bits per heavy atom. The molecule has 5 rings (SSSR count). The number of anilines is 2. The number of hydrogen-bond acceptors (Lipinski definition) is 4. The summed E-state index contributed by atoms with van der Waals surface area (Å²) in [7, 11) is 0. The number of nitrogens with one attached hydrogen (secondary N) is 1. The largest absolute Gasteiger partial charge is 0.467 e. The highest BCUT2D eigenvalue weighted by atomic mass is 16.3. The number of carbonyl (C=O) groups excluding carboxylic acids is 2. The molecule has 0 saturated heterocycles. The minimum Gasteiger partial charge on any atom is -0.467 e. The fourth-order valence-corrected chi connectivity index (χ4v) is 4.76. The molecule has 5 nitrogen and oxygen atoms in total. The number of para-hydroxylation sites is 2. The van der Waals surface area contributed by atoms with Crippen molar-refractivity contribution in [2.24, 2.45) is 5.41 Å². The van der Waals surface area contributed by atoms with Gasteiger partial charge >= 0.3 is 0 Å². The lowest BCUT2D eigenvalue weighted by Crippen LogP contribution is -2.39. The van der Waals surface area contributed by atoms with Crippen LogP contribution in [0.3, 0.4) is 0 Å². The molecule has 2 heterocycles. The zero-order valence-electron chi connectivity index (χ0n) is 18.5. The first-order chi connectivity index (χ1) is 15.3. The molecule has 2 aromatic carbocycles. The van der Waals surface area contributed by atoms with Crippen molar-refractivity contribution in [2.75, 3.05) is 10.2 Å². The predicted molar refractivity (Wildman–Crippen MR) is 125 cm³/mol. The van der Waals surface area contributed by atoms with Crippen LogP contribution in [0.5, 0.6) is 0 Å². The van der Waals surface area contributed by atoms with E-state index in [4.69, 9.17) is 4.42 Å². The minimum atomic E-state index is -0.645. The zero-order chi connectivity index (χ0) is 22.5. The van der Waals surface area contributed by atoms with Gasteiger partial charge in [0.1, 0.15) is 11.8 Å². The van der Waals surface area contributed by atoms with E-state index < -0.39 is 6.04 Å². The fourth-order valence-electron chi connectivity index (χ4n) is 4.76. The molecule has 0 bridgehead atoms. The maximum absolute atomic E-state index is 14.0.